The number of imide groups is 1. The molecule has 0 aliphatic heterocycles. The van der Waals surface area contributed by atoms with Gasteiger partial charge in [-0.25, -0.2) is 0 Å². The van der Waals surface area contributed by atoms with Crippen LogP contribution >= 0.6 is 0 Å². The van der Waals surface area contributed by atoms with Crippen LogP contribution in [0.5, 0.6) is 0 Å². The van der Waals surface area contributed by atoms with Gasteiger partial charge in [0.2, 0.25) is 5.91 Å². The van der Waals surface area contributed by atoms with Crippen molar-refractivity contribution in [2.45, 2.75) is 52.4 Å². The third-order valence-electron chi connectivity index (χ3n) is 3.25. The van der Waals surface area contributed by atoms with E-state index in [4.69, 9.17) is 0 Å². The van der Waals surface area contributed by atoms with Gasteiger partial charge in [0, 0.05) is 12.0 Å². The number of hydrogen-bond donors (Lipinski definition) is 1. The van der Waals surface area contributed by atoms with Gasteiger partial charge in [0.15, 0.2) is 6.20 Å². The van der Waals surface area contributed by atoms with Gasteiger partial charge < -0.3 is 10.1 Å². The average Bonchev–Trinajstić information content (AvgIpc) is 2.46. The van der Waals surface area contributed by atoms with Gasteiger partial charge in [-0.3, -0.25) is 14.9 Å². The van der Waals surface area contributed by atoms with Crippen LogP contribution in [-0.4, -0.2) is 21.7 Å². The molecule has 1 rings (SSSR count). The lowest BCUT2D eigenvalue weighted by molar-refractivity contribution is -0.390. The van der Waals surface area contributed by atoms with Crippen molar-refractivity contribution in [2.24, 2.45) is 0 Å². The van der Waals surface area contributed by atoms with Gasteiger partial charge in [-0.05, 0) is 29.3 Å². The largest absolute Gasteiger partial charge is 0.366 e. The minimum absolute atomic E-state index is 0.141. The van der Waals surface area contributed by atoms with Gasteiger partial charge in [0.25, 0.3) is 5.91 Å². The third kappa shape index (κ3) is 5.59. The molecule has 0 aliphatic carbocycles. The van der Waals surface area contributed by atoms with E-state index in [1.165, 1.54) is 13.0 Å². The first-order chi connectivity index (χ1) is 10.5. The molecule has 1 aromatic rings. The highest BCUT2D eigenvalue weighted by Gasteiger charge is 2.17. The van der Waals surface area contributed by atoms with Gasteiger partial charge in [0.05, 0.1) is 5.56 Å². The van der Waals surface area contributed by atoms with Crippen LogP contribution in [0.25, 0.3) is 0 Å². The Kier molecular flexibility index (Phi) is 7.15. The molecule has 0 atom stereocenters. The van der Waals surface area contributed by atoms with Crippen LogP contribution in [0.4, 0.5) is 5.82 Å². The predicted molar refractivity (Wildman–Crippen MR) is 81.5 cm³/mol. The Hall–Kier alpha value is -2.31. The fourth-order valence-electron chi connectivity index (χ4n) is 2.03. The van der Waals surface area contributed by atoms with E-state index < -0.39 is 10.8 Å². The van der Waals surface area contributed by atoms with E-state index in [0.29, 0.717) is 6.42 Å². The van der Waals surface area contributed by atoms with Crippen LogP contribution in [0, 0.1) is 17.0 Å². The van der Waals surface area contributed by atoms with E-state index in [2.05, 4.69) is 17.2 Å². The zero-order valence-electron chi connectivity index (χ0n) is 12.9. The highest BCUT2D eigenvalue weighted by Crippen LogP contribution is 2.15. The summed E-state index contributed by atoms with van der Waals surface area (Å²) in [5, 5.41) is 12.9. The molecule has 1 N–H and O–H groups in total. The molecular formula is C15H21N3O4. The number of nitro groups is 1. The summed E-state index contributed by atoms with van der Waals surface area (Å²) in [5.41, 5.74) is 0.423. The molecule has 7 heteroatoms. The van der Waals surface area contributed by atoms with E-state index >= 15 is 0 Å². The molecule has 0 spiro atoms. The van der Waals surface area contributed by atoms with Gasteiger partial charge in [-0.15, -0.1) is 0 Å². The summed E-state index contributed by atoms with van der Waals surface area (Å²) < 4.78 is 0. The Balaban J connectivity index is 2.49. The van der Waals surface area contributed by atoms with E-state index in [-0.39, 0.29) is 22.9 Å². The van der Waals surface area contributed by atoms with Gasteiger partial charge in [-0.1, -0.05) is 32.6 Å². The fourth-order valence-corrected chi connectivity index (χ4v) is 2.03. The van der Waals surface area contributed by atoms with Crippen molar-refractivity contribution < 1.29 is 14.5 Å². The minimum Gasteiger partial charge on any atom is -0.358 e. The minimum atomic E-state index is -0.613. The number of carbonyl (C=O) groups excluding carboxylic acids is 2. The Bertz CT molecular complexity index is 558. The predicted octanol–water partition coefficient (Wildman–Crippen LogP) is 2.92. The lowest BCUT2D eigenvalue weighted by atomic mass is 10.1. The lowest BCUT2D eigenvalue weighted by Gasteiger charge is -2.04. The van der Waals surface area contributed by atoms with Crippen molar-refractivity contribution in [2.75, 3.05) is 0 Å². The molecule has 7 nitrogen and oxygen atoms in total. The van der Waals surface area contributed by atoms with Crippen LogP contribution in [-0.2, 0) is 4.79 Å². The van der Waals surface area contributed by atoms with Crippen molar-refractivity contribution in [3.63, 3.8) is 0 Å². The molecular weight excluding hydrogens is 286 g/mol. The highest BCUT2D eigenvalue weighted by atomic mass is 16.6. The lowest BCUT2D eigenvalue weighted by Crippen LogP contribution is -2.30. The van der Waals surface area contributed by atoms with Crippen molar-refractivity contribution in [3.8, 4) is 0 Å². The first-order valence-electron chi connectivity index (χ1n) is 7.41. The van der Waals surface area contributed by atoms with Gasteiger partial charge >= 0.3 is 5.82 Å². The monoisotopic (exact) mass is 307 g/mol. The normalized spacial score (nSPS) is 10.3. The van der Waals surface area contributed by atoms with E-state index in [1.807, 2.05) is 0 Å². The van der Waals surface area contributed by atoms with Gasteiger partial charge in [-0.2, -0.15) is 0 Å². The second kappa shape index (κ2) is 8.86. The Morgan fingerprint density at radius 1 is 1.27 bits per heavy atom. The number of aryl methyl sites for hydroxylation is 1. The molecule has 1 aromatic heterocycles. The van der Waals surface area contributed by atoms with Crippen molar-refractivity contribution >= 4 is 17.6 Å². The second-order valence-corrected chi connectivity index (χ2v) is 5.16. The Morgan fingerprint density at radius 2 is 1.95 bits per heavy atom. The standard InChI is InChI=1S/C15H21N3O4/c1-3-4-5-6-7-8-13(19)17-15(20)12-9-11(2)14(16-10-12)18(21)22/h9-10H,3-8H2,1-2H3,(H,17,19,20). The number of hydrogen-bond acceptors (Lipinski definition) is 5. The van der Waals surface area contributed by atoms with Crippen molar-refractivity contribution in [1.29, 1.82) is 0 Å². The number of unbranched alkanes of at least 4 members (excludes halogenated alkanes) is 4. The molecule has 0 unspecified atom stereocenters. The maximum atomic E-state index is 11.9. The van der Waals surface area contributed by atoms with E-state index in [0.717, 1.165) is 38.3 Å². The van der Waals surface area contributed by atoms with Crippen molar-refractivity contribution in [3.05, 3.63) is 33.5 Å². The Labute approximate surface area is 129 Å². The van der Waals surface area contributed by atoms with Crippen LogP contribution in [0.3, 0.4) is 0 Å². The zero-order valence-corrected chi connectivity index (χ0v) is 12.9. The molecule has 0 saturated heterocycles. The summed E-state index contributed by atoms with van der Waals surface area (Å²) >= 11 is 0. The average molecular weight is 307 g/mol. The van der Waals surface area contributed by atoms with Crippen LogP contribution in [0.1, 0.15) is 61.4 Å². The highest BCUT2D eigenvalue weighted by molar-refractivity contribution is 6.04. The summed E-state index contributed by atoms with van der Waals surface area (Å²) in [6, 6.07) is 1.36. The van der Waals surface area contributed by atoms with Crippen LogP contribution in [0.2, 0.25) is 0 Å². The third-order valence-corrected chi connectivity index (χ3v) is 3.25. The summed E-state index contributed by atoms with van der Waals surface area (Å²) in [6.07, 6.45) is 6.49. The van der Waals surface area contributed by atoms with Crippen LogP contribution in [0.15, 0.2) is 12.3 Å². The maximum Gasteiger partial charge on any atom is 0.366 e. The summed E-state index contributed by atoms with van der Waals surface area (Å²) in [7, 11) is 0. The maximum absolute atomic E-state index is 11.9. The molecule has 2 amide bonds. The number of rotatable bonds is 8. The first-order valence-corrected chi connectivity index (χ1v) is 7.41. The molecule has 22 heavy (non-hydrogen) atoms. The smallest absolute Gasteiger partial charge is 0.358 e. The summed E-state index contributed by atoms with van der Waals surface area (Å²) in [4.78, 5) is 37.2. The van der Waals surface area contributed by atoms with E-state index in [1.54, 1.807) is 0 Å². The van der Waals surface area contributed by atoms with E-state index in [9.17, 15) is 19.7 Å². The topological polar surface area (TPSA) is 102 Å². The number of amides is 2. The van der Waals surface area contributed by atoms with Crippen LogP contribution < -0.4 is 5.32 Å². The quantitative estimate of drug-likeness (QED) is 0.452. The molecule has 0 aromatic carbocycles. The number of nitrogens with one attached hydrogen (secondary N) is 1. The fraction of sp³-hybridized carbons (Fsp3) is 0.533. The molecule has 120 valence electrons. The second-order valence-electron chi connectivity index (χ2n) is 5.16. The SMILES string of the molecule is CCCCCCCC(=O)NC(=O)c1cnc([N+](=O)[O-])c(C)c1. The first kappa shape index (κ1) is 17.7. The number of pyridine rings is 1. The zero-order chi connectivity index (χ0) is 16.5. The number of nitrogens with zero attached hydrogens (tertiary/aromatic N) is 2. The molecule has 0 fully saturated rings. The number of aromatic nitrogens is 1. The molecule has 0 saturated carbocycles. The van der Waals surface area contributed by atoms with Crippen molar-refractivity contribution in [1.82, 2.24) is 10.3 Å². The summed E-state index contributed by atoms with van der Waals surface area (Å²) in [6.45, 7) is 3.61. The van der Waals surface area contributed by atoms with Gasteiger partial charge in [0.1, 0.15) is 0 Å². The molecule has 1 heterocycles. The molecule has 0 bridgehead atoms. The Morgan fingerprint density at radius 3 is 2.55 bits per heavy atom. The summed E-state index contributed by atoms with van der Waals surface area (Å²) in [5.74, 6) is -1.21. The molecule has 0 radical (unpaired) electrons. The number of carbonyl (C=O) groups is 2. The molecule has 0 aliphatic rings.